The van der Waals surface area contributed by atoms with Gasteiger partial charge in [-0.1, -0.05) is 19.3 Å². The van der Waals surface area contributed by atoms with E-state index in [2.05, 4.69) is 16.0 Å². The summed E-state index contributed by atoms with van der Waals surface area (Å²) >= 11 is 0. The molecule has 118 valence electrons. The fourth-order valence-electron chi connectivity index (χ4n) is 2.66. The van der Waals surface area contributed by atoms with E-state index in [-0.39, 0.29) is 24.5 Å². The molecule has 0 aliphatic heterocycles. The molecule has 2 saturated carbocycles. The van der Waals surface area contributed by atoms with Crippen LogP contribution < -0.4 is 16.0 Å². The molecule has 7 nitrogen and oxygen atoms in total. The number of carbonyl (C=O) groups is 3. The summed E-state index contributed by atoms with van der Waals surface area (Å²) < 4.78 is 0. The standard InChI is InChI=1S/C14H23N3O4/c18-12(16-9-6-7-9)8-15-14(21)17-11-5-3-1-2-4-10(11)13(19)20/h9-11H,1-8H2,(H,16,18)(H,19,20)(H2,15,17,21). The lowest BCUT2D eigenvalue weighted by atomic mass is 9.95. The van der Waals surface area contributed by atoms with E-state index in [1.165, 1.54) is 0 Å². The highest BCUT2D eigenvalue weighted by Gasteiger charge is 2.30. The smallest absolute Gasteiger partial charge is 0.315 e. The average Bonchev–Trinajstić information content (AvgIpc) is 3.23. The van der Waals surface area contributed by atoms with Crippen LogP contribution in [-0.2, 0) is 9.59 Å². The summed E-state index contributed by atoms with van der Waals surface area (Å²) in [5.41, 5.74) is 0. The van der Waals surface area contributed by atoms with Gasteiger partial charge >= 0.3 is 12.0 Å². The lowest BCUT2D eigenvalue weighted by Gasteiger charge is -2.22. The van der Waals surface area contributed by atoms with E-state index < -0.39 is 17.9 Å². The summed E-state index contributed by atoms with van der Waals surface area (Å²) in [6.45, 7) is -0.0766. The number of amides is 3. The molecule has 2 aliphatic rings. The Morgan fingerprint density at radius 3 is 2.33 bits per heavy atom. The van der Waals surface area contributed by atoms with Crippen LogP contribution in [0, 0.1) is 5.92 Å². The first-order valence-electron chi connectivity index (χ1n) is 7.63. The maximum atomic E-state index is 11.8. The number of carboxylic acid groups (broad SMARTS) is 1. The van der Waals surface area contributed by atoms with E-state index in [1.807, 2.05) is 0 Å². The van der Waals surface area contributed by atoms with E-state index in [1.54, 1.807) is 0 Å². The third-order valence-corrected chi connectivity index (χ3v) is 4.00. The second kappa shape index (κ2) is 7.28. The second-order valence-electron chi connectivity index (χ2n) is 5.86. The Morgan fingerprint density at radius 1 is 0.952 bits per heavy atom. The Hall–Kier alpha value is -1.79. The number of nitrogens with one attached hydrogen (secondary N) is 3. The van der Waals surface area contributed by atoms with E-state index in [0.29, 0.717) is 12.8 Å². The van der Waals surface area contributed by atoms with Gasteiger partial charge in [0, 0.05) is 12.1 Å². The van der Waals surface area contributed by atoms with Crippen LogP contribution in [0.15, 0.2) is 0 Å². The largest absolute Gasteiger partial charge is 0.481 e. The van der Waals surface area contributed by atoms with Crippen molar-refractivity contribution in [1.82, 2.24) is 16.0 Å². The molecule has 0 heterocycles. The molecule has 2 rings (SSSR count). The normalized spacial score (nSPS) is 25.5. The van der Waals surface area contributed by atoms with E-state index >= 15 is 0 Å². The van der Waals surface area contributed by atoms with Gasteiger partial charge in [-0.3, -0.25) is 9.59 Å². The molecular formula is C14H23N3O4. The summed E-state index contributed by atoms with van der Waals surface area (Å²) in [7, 11) is 0. The first kappa shape index (κ1) is 15.6. The molecule has 0 aromatic rings. The predicted octanol–water partition coefficient (Wildman–Crippen LogP) is 0.598. The summed E-state index contributed by atoms with van der Waals surface area (Å²) in [4.78, 5) is 34.5. The van der Waals surface area contributed by atoms with Crippen LogP contribution in [0.4, 0.5) is 4.79 Å². The number of urea groups is 1. The molecule has 2 aliphatic carbocycles. The van der Waals surface area contributed by atoms with Crippen molar-refractivity contribution in [3.8, 4) is 0 Å². The fourth-order valence-corrected chi connectivity index (χ4v) is 2.66. The van der Waals surface area contributed by atoms with Gasteiger partial charge in [-0.2, -0.15) is 0 Å². The van der Waals surface area contributed by atoms with Gasteiger partial charge in [0.25, 0.3) is 0 Å². The van der Waals surface area contributed by atoms with Crippen LogP contribution in [0.1, 0.15) is 44.9 Å². The first-order valence-corrected chi connectivity index (χ1v) is 7.63. The molecule has 21 heavy (non-hydrogen) atoms. The van der Waals surface area contributed by atoms with Crippen LogP contribution in [0.3, 0.4) is 0 Å². The molecule has 0 radical (unpaired) electrons. The molecule has 0 aromatic heterocycles. The predicted molar refractivity (Wildman–Crippen MR) is 75.7 cm³/mol. The van der Waals surface area contributed by atoms with Crippen LogP contribution >= 0.6 is 0 Å². The van der Waals surface area contributed by atoms with Gasteiger partial charge < -0.3 is 21.1 Å². The molecule has 0 saturated heterocycles. The fraction of sp³-hybridized carbons (Fsp3) is 0.786. The minimum atomic E-state index is -0.867. The second-order valence-corrected chi connectivity index (χ2v) is 5.86. The third-order valence-electron chi connectivity index (χ3n) is 4.00. The van der Waals surface area contributed by atoms with Crippen molar-refractivity contribution in [2.24, 2.45) is 5.92 Å². The van der Waals surface area contributed by atoms with E-state index in [4.69, 9.17) is 0 Å². The average molecular weight is 297 g/mol. The summed E-state index contributed by atoms with van der Waals surface area (Å²) in [6.07, 6.45) is 6.03. The van der Waals surface area contributed by atoms with E-state index in [9.17, 15) is 19.5 Å². The summed E-state index contributed by atoms with van der Waals surface area (Å²) in [5.74, 6) is -1.62. The highest BCUT2D eigenvalue weighted by atomic mass is 16.4. The Kier molecular flexibility index (Phi) is 5.41. The first-order chi connectivity index (χ1) is 10.1. The topological polar surface area (TPSA) is 108 Å². The van der Waals surface area contributed by atoms with Crippen molar-refractivity contribution in [3.63, 3.8) is 0 Å². The summed E-state index contributed by atoms with van der Waals surface area (Å²) in [5, 5.41) is 17.2. The number of carboxylic acids is 1. The quantitative estimate of drug-likeness (QED) is 0.557. The van der Waals surface area contributed by atoms with Crippen molar-refractivity contribution in [3.05, 3.63) is 0 Å². The minimum absolute atomic E-state index is 0.0766. The van der Waals surface area contributed by atoms with Crippen LogP contribution in [0.25, 0.3) is 0 Å². The van der Waals surface area contributed by atoms with Gasteiger partial charge in [0.1, 0.15) is 0 Å². The monoisotopic (exact) mass is 297 g/mol. The van der Waals surface area contributed by atoms with Gasteiger partial charge in [-0.25, -0.2) is 4.79 Å². The minimum Gasteiger partial charge on any atom is -0.481 e. The van der Waals surface area contributed by atoms with Crippen molar-refractivity contribution >= 4 is 17.9 Å². The van der Waals surface area contributed by atoms with Crippen molar-refractivity contribution in [2.45, 2.75) is 57.0 Å². The van der Waals surface area contributed by atoms with Crippen molar-refractivity contribution in [2.75, 3.05) is 6.54 Å². The molecule has 7 heteroatoms. The molecule has 4 N–H and O–H groups in total. The van der Waals surface area contributed by atoms with Crippen LogP contribution in [-0.4, -0.2) is 41.6 Å². The van der Waals surface area contributed by atoms with Crippen LogP contribution in [0.5, 0.6) is 0 Å². The van der Waals surface area contributed by atoms with E-state index in [0.717, 1.165) is 32.1 Å². The van der Waals surface area contributed by atoms with Gasteiger partial charge in [0.2, 0.25) is 5.91 Å². The molecule has 0 bridgehead atoms. The number of aliphatic carboxylic acids is 1. The Bertz CT molecular complexity index is 409. The zero-order chi connectivity index (χ0) is 15.2. The Labute approximate surface area is 123 Å². The van der Waals surface area contributed by atoms with Crippen LogP contribution in [0.2, 0.25) is 0 Å². The van der Waals surface area contributed by atoms with Gasteiger partial charge in [-0.05, 0) is 25.7 Å². The number of carbonyl (C=O) groups excluding carboxylic acids is 2. The highest BCUT2D eigenvalue weighted by Crippen LogP contribution is 2.23. The molecule has 3 amide bonds. The Balaban J connectivity index is 1.75. The zero-order valence-electron chi connectivity index (χ0n) is 12.1. The van der Waals surface area contributed by atoms with Gasteiger partial charge in [0.15, 0.2) is 0 Å². The maximum absolute atomic E-state index is 11.8. The zero-order valence-corrected chi connectivity index (χ0v) is 12.1. The molecule has 0 aromatic carbocycles. The summed E-state index contributed by atoms with van der Waals surface area (Å²) in [6, 6.07) is -0.573. The number of rotatable bonds is 5. The lowest BCUT2D eigenvalue weighted by Crippen LogP contribution is -2.49. The highest BCUT2D eigenvalue weighted by molar-refractivity contribution is 5.84. The Morgan fingerprint density at radius 2 is 1.67 bits per heavy atom. The van der Waals surface area contributed by atoms with Crippen molar-refractivity contribution in [1.29, 1.82) is 0 Å². The molecule has 2 unspecified atom stereocenters. The van der Waals surface area contributed by atoms with Crippen molar-refractivity contribution < 1.29 is 19.5 Å². The van der Waals surface area contributed by atoms with Gasteiger partial charge in [-0.15, -0.1) is 0 Å². The number of hydrogen-bond acceptors (Lipinski definition) is 3. The van der Waals surface area contributed by atoms with Gasteiger partial charge in [0.05, 0.1) is 12.5 Å². The molecule has 2 fully saturated rings. The lowest BCUT2D eigenvalue weighted by molar-refractivity contribution is -0.142. The molecule has 2 atom stereocenters. The number of hydrogen-bond donors (Lipinski definition) is 4. The maximum Gasteiger partial charge on any atom is 0.315 e. The SMILES string of the molecule is O=C(CNC(=O)NC1CCCCCC1C(=O)O)NC1CC1. The molecule has 0 spiro atoms. The molecular weight excluding hydrogens is 274 g/mol. The third kappa shape index (κ3) is 5.24.